The van der Waals surface area contributed by atoms with E-state index < -0.39 is 18.1 Å². The molecule has 2 aliphatic heterocycles. The van der Waals surface area contributed by atoms with Gasteiger partial charge in [-0.2, -0.15) is 0 Å². The molecule has 0 aromatic heterocycles. The Morgan fingerprint density at radius 1 is 1.44 bits per heavy atom. The van der Waals surface area contributed by atoms with Crippen molar-refractivity contribution in [1.82, 2.24) is 10.2 Å². The number of nitrogens with two attached hydrogens (primary N) is 2. The highest BCUT2D eigenvalue weighted by molar-refractivity contribution is 7.99. The summed E-state index contributed by atoms with van der Waals surface area (Å²) in [6.45, 7) is 7.95. The normalized spacial score (nSPS) is 26.2. The molecule has 5 N–H and O–H groups in total. The maximum atomic E-state index is 13.6. The summed E-state index contributed by atoms with van der Waals surface area (Å²) in [6, 6.07) is 8.04. The number of nitrogens with zero attached hydrogens (tertiary/aromatic N) is 2. The highest BCUT2D eigenvalue weighted by atomic mass is 32.2. The zero-order valence-corrected chi connectivity index (χ0v) is 19.5. The number of carbonyl (C=O) groups excluding carboxylic acids is 2. The van der Waals surface area contributed by atoms with Crippen LogP contribution in [0.25, 0.3) is 0 Å². The van der Waals surface area contributed by atoms with Crippen LogP contribution in [0.5, 0.6) is 0 Å². The zero-order chi connectivity index (χ0) is 23.3. The Hall–Kier alpha value is -2.36. The van der Waals surface area contributed by atoms with Crippen LogP contribution in [0, 0.1) is 5.41 Å². The van der Waals surface area contributed by atoms with Crippen LogP contribution in [0.15, 0.2) is 47.2 Å². The fourth-order valence-corrected chi connectivity index (χ4v) is 5.92. The van der Waals surface area contributed by atoms with Gasteiger partial charge in [-0.1, -0.05) is 44.2 Å². The summed E-state index contributed by atoms with van der Waals surface area (Å²) in [5.41, 5.74) is 12.7. The first-order valence-electron chi connectivity index (χ1n) is 10.8. The molecule has 4 atom stereocenters. The Kier molecular flexibility index (Phi) is 7.97. The van der Waals surface area contributed by atoms with Gasteiger partial charge in [0.25, 0.3) is 0 Å². The lowest BCUT2D eigenvalue weighted by atomic mass is 9.84. The number of carbonyl (C=O) groups is 2. The Bertz CT molecular complexity index is 860. The summed E-state index contributed by atoms with van der Waals surface area (Å²) in [4.78, 5) is 32.2. The van der Waals surface area contributed by atoms with E-state index in [2.05, 4.69) is 17.0 Å². The first-order valence-corrected chi connectivity index (χ1v) is 11.8. The van der Waals surface area contributed by atoms with Crippen LogP contribution in [0.2, 0.25) is 0 Å². The van der Waals surface area contributed by atoms with Gasteiger partial charge in [-0.25, -0.2) is 0 Å². The van der Waals surface area contributed by atoms with Gasteiger partial charge in [-0.15, -0.1) is 11.8 Å². The van der Waals surface area contributed by atoms with Gasteiger partial charge >= 0.3 is 0 Å². The number of rotatable bonds is 8. The van der Waals surface area contributed by atoms with E-state index in [0.717, 1.165) is 17.7 Å². The summed E-state index contributed by atoms with van der Waals surface area (Å²) in [5.74, 6) is 0.468. The highest BCUT2D eigenvalue weighted by Crippen LogP contribution is 2.46. The molecule has 1 aromatic rings. The van der Waals surface area contributed by atoms with Crippen molar-refractivity contribution in [3.8, 4) is 0 Å². The lowest BCUT2D eigenvalue weighted by molar-refractivity contribution is -0.142. The van der Waals surface area contributed by atoms with Crippen molar-refractivity contribution in [3.63, 3.8) is 0 Å². The second-order valence-electron chi connectivity index (χ2n) is 8.86. The minimum absolute atomic E-state index is 0.0378. The van der Waals surface area contributed by atoms with E-state index in [9.17, 15) is 9.59 Å². The fraction of sp³-hybridized carbons (Fsp3) is 0.522. The van der Waals surface area contributed by atoms with Gasteiger partial charge in [0.05, 0.1) is 36.4 Å². The second kappa shape index (κ2) is 10.5. The van der Waals surface area contributed by atoms with Crippen molar-refractivity contribution in [2.75, 3.05) is 19.0 Å². The highest BCUT2D eigenvalue weighted by Gasteiger charge is 2.54. The molecule has 0 spiro atoms. The number of thioether (sulfide) groups is 1. The van der Waals surface area contributed by atoms with Gasteiger partial charge in [0.15, 0.2) is 0 Å². The average Bonchev–Trinajstić information content (AvgIpc) is 2.98. The summed E-state index contributed by atoms with van der Waals surface area (Å²) in [6.07, 6.45) is 2.71. The smallest absolute Gasteiger partial charge is 0.243 e. The number of aliphatic imine (C=N–C) groups is 1. The zero-order valence-electron chi connectivity index (χ0n) is 18.7. The lowest BCUT2D eigenvalue weighted by Crippen LogP contribution is -2.56. The first-order chi connectivity index (χ1) is 15.3. The van der Waals surface area contributed by atoms with Gasteiger partial charge in [-0.05, 0) is 36.3 Å². The number of benzene rings is 1. The Labute approximate surface area is 193 Å². The maximum Gasteiger partial charge on any atom is 0.243 e. The number of nitrogens with one attached hydrogen (secondary N) is 1. The van der Waals surface area contributed by atoms with Gasteiger partial charge in [0.1, 0.15) is 6.04 Å². The van der Waals surface area contributed by atoms with Crippen LogP contribution in [0.3, 0.4) is 0 Å². The van der Waals surface area contributed by atoms with Crippen molar-refractivity contribution < 1.29 is 14.3 Å². The molecule has 174 valence electrons. The molecule has 0 bridgehead atoms. The van der Waals surface area contributed by atoms with Crippen molar-refractivity contribution >= 4 is 30.3 Å². The molecular formula is C23H33N5O3S. The fourth-order valence-electron chi connectivity index (χ4n) is 4.32. The third-order valence-corrected chi connectivity index (χ3v) is 7.29. The molecule has 0 unspecified atom stereocenters. The number of hydrogen-bond acceptors (Lipinski definition) is 7. The molecule has 2 saturated heterocycles. The molecule has 3 rings (SSSR count). The molecule has 1 aromatic carbocycles. The van der Waals surface area contributed by atoms with Gasteiger partial charge in [-0.3, -0.25) is 14.6 Å². The van der Waals surface area contributed by atoms with Gasteiger partial charge in [0, 0.05) is 6.20 Å². The van der Waals surface area contributed by atoms with E-state index in [1.165, 1.54) is 6.20 Å². The van der Waals surface area contributed by atoms with E-state index >= 15 is 0 Å². The minimum Gasteiger partial charge on any atom is -0.403 e. The van der Waals surface area contributed by atoms with Crippen LogP contribution >= 0.6 is 11.8 Å². The van der Waals surface area contributed by atoms with Crippen LogP contribution in [0.1, 0.15) is 38.3 Å². The third-order valence-electron chi connectivity index (χ3n) is 6.04. The number of ether oxygens (including phenoxy) is 1. The largest absolute Gasteiger partial charge is 0.403 e. The molecule has 8 nitrogen and oxygen atoms in total. The molecule has 32 heavy (non-hydrogen) atoms. The standard InChI is InChI=1S/C23H33N5O3S/c1-23(2)11-19-28(22(30)17(25)9-10-32-19)20(23)21(29)27-18(15-7-5-4-6-8-15)14-31-13-16(12-24)26-3/h4-8,12,17-20H,3,9-11,13-14,24-25H2,1-2H3,(H,27,29)/b16-12-/t17-,18+,19-,20+/m0/s1. The Morgan fingerprint density at radius 3 is 2.81 bits per heavy atom. The molecule has 2 heterocycles. The second-order valence-corrected chi connectivity index (χ2v) is 10.2. The summed E-state index contributed by atoms with van der Waals surface area (Å²) >= 11 is 1.71. The van der Waals surface area contributed by atoms with E-state index in [0.29, 0.717) is 12.1 Å². The average molecular weight is 460 g/mol. The molecule has 0 radical (unpaired) electrons. The predicted octanol–water partition coefficient (Wildman–Crippen LogP) is 1.78. The van der Waals surface area contributed by atoms with Crippen molar-refractivity contribution in [2.45, 2.75) is 50.2 Å². The van der Waals surface area contributed by atoms with E-state index in [-0.39, 0.29) is 35.8 Å². The maximum absolute atomic E-state index is 13.6. The Balaban J connectivity index is 1.80. The summed E-state index contributed by atoms with van der Waals surface area (Å²) < 4.78 is 5.77. The summed E-state index contributed by atoms with van der Waals surface area (Å²) in [7, 11) is 0. The van der Waals surface area contributed by atoms with Crippen molar-refractivity contribution in [2.24, 2.45) is 21.9 Å². The van der Waals surface area contributed by atoms with Crippen LogP contribution < -0.4 is 16.8 Å². The Morgan fingerprint density at radius 2 is 2.16 bits per heavy atom. The third kappa shape index (κ3) is 5.33. The van der Waals surface area contributed by atoms with Crippen LogP contribution in [-0.4, -0.2) is 59.9 Å². The molecule has 9 heteroatoms. The molecule has 0 saturated carbocycles. The molecular weight excluding hydrogens is 426 g/mol. The molecule has 2 fully saturated rings. The predicted molar refractivity (Wildman–Crippen MR) is 128 cm³/mol. The van der Waals surface area contributed by atoms with E-state index in [4.69, 9.17) is 16.2 Å². The van der Waals surface area contributed by atoms with Gasteiger partial charge < -0.3 is 26.4 Å². The lowest BCUT2D eigenvalue weighted by Gasteiger charge is -2.34. The van der Waals surface area contributed by atoms with E-state index in [1.807, 2.05) is 44.2 Å². The molecule has 2 amide bonds. The summed E-state index contributed by atoms with van der Waals surface area (Å²) in [5, 5.41) is 3.09. The van der Waals surface area contributed by atoms with Crippen molar-refractivity contribution in [1.29, 1.82) is 0 Å². The number of amides is 2. The van der Waals surface area contributed by atoms with E-state index in [1.54, 1.807) is 16.7 Å². The van der Waals surface area contributed by atoms with Gasteiger partial charge in [0.2, 0.25) is 11.8 Å². The van der Waals surface area contributed by atoms with Crippen LogP contribution in [0.4, 0.5) is 0 Å². The molecule has 0 aliphatic carbocycles. The minimum atomic E-state index is -0.600. The topological polar surface area (TPSA) is 123 Å². The van der Waals surface area contributed by atoms with Crippen molar-refractivity contribution in [3.05, 3.63) is 47.8 Å². The SMILES string of the molecule is C=N/C(=C\N)COC[C@@H](NC(=O)[C@H]1N2C(=O)[C@@H](N)CCS[C@H]2CC1(C)C)c1ccccc1. The molecule has 2 aliphatic rings. The first kappa shape index (κ1) is 24.3. The number of fused-ring (bicyclic) bond motifs is 1. The number of hydrogen-bond donors (Lipinski definition) is 3. The monoisotopic (exact) mass is 459 g/mol. The quantitative estimate of drug-likeness (QED) is 0.509. The van der Waals surface area contributed by atoms with Crippen LogP contribution in [-0.2, 0) is 14.3 Å².